The van der Waals surface area contributed by atoms with E-state index < -0.39 is 5.79 Å². The maximum absolute atomic E-state index is 5.96. The Bertz CT molecular complexity index is 1300. The summed E-state index contributed by atoms with van der Waals surface area (Å²) in [5.74, 6) is 0.705. The first-order valence-electron chi connectivity index (χ1n) is 11.4. The molecular weight excluding hydrogens is 422 g/mol. The van der Waals surface area contributed by atoms with Crippen molar-refractivity contribution in [3.05, 3.63) is 24.4 Å². The Labute approximate surface area is 190 Å². The van der Waals surface area contributed by atoms with E-state index in [1.807, 2.05) is 25.4 Å². The molecule has 10 nitrogen and oxygen atoms in total. The van der Waals surface area contributed by atoms with Crippen molar-refractivity contribution in [3.8, 4) is 17.0 Å². The standard InChI is InChI=1S/C23H27N7O3/c1-30-18-12-14(4-5-17(18)28-29-30)16-13-24-20-19(16)21(31-2)27-22(26-20)25-15-6-8-23(9-7-15)32-10-3-11-33-23/h4-5,12-13,15H,3,6-11H2,1-2H3,(H2,24,25,26,27). The second-order valence-electron chi connectivity index (χ2n) is 8.78. The van der Waals surface area contributed by atoms with Crippen LogP contribution in [0.25, 0.3) is 33.2 Å². The fraction of sp³-hybridized carbons (Fsp3) is 0.478. The minimum Gasteiger partial charge on any atom is -0.480 e. The fourth-order valence-corrected chi connectivity index (χ4v) is 4.93. The summed E-state index contributed by atoms with van der Waals surface area (Å²) in [5.41, 5.74) is 4.54. The van der Waals surface area contributed by atoms with Crippen molar-refractivity contribution in [2.75, 3.05) is 25.6 Å². The van der Waals surface area contributed by atoms with E-state index in [-0.39, 0.29) is 6.04 Å². The van der Waals surface area contributed by atoms with Crippen molar-refractivity contribution in [2.24, 2.45) is 7.05 Å². The molecule has 1 saturated heterocycles. The predicted molar refractivity (Wildman–Crippen MR) is 123 cm³/mol. The molecular formula is C23H27N7O3. The Morgan fingerprint density at radius 1 is 1.18 bits per heavy atom. The van der Waals surface area contributed by atoms with Crippen molar-refractivity contribution < 1.29 is 14.2 Å². The lowest BCUT2D eigenvalue weighted by atomic mass is 9.89. The zero-order valence-electron chi connectivity index (χ0n) is 18.8. The van der Waals surface area contributed by atoms with Gasteiger partial charge in [0.2, 0.25) is 11.8 Å². The summed E-state index contributed by atoms with van der Waals surface area (Å²) in [6, 6.07) is 6.33. The third kappa shape index (κ3) is 3.59. The monoisotopic (exact) mass is 449 g/mol. The van der Waals surface area contributed by atoms with Gasteiger partial charge >= 0.3 is 0 Å². The number of aryl methyl sites for hydroxylation is 1. The van der Waals surface area contributed by atoms with Gasteiger partial charge in [-0.2, -0.15) is 9.97 Å². The number of hydrogen-bond acceptors (Lipinski definition) is 8. The summed E-state index contributed by atoms with van der Waals surface area (Å²) in [6.45, 7) is 1.57. The molecule has 2 fully saturated rings. The van der Waals surface area contributed by atoms with Crippen LogP contribution < -0.4 is 10.1 Å². The zero-order valence-corrected chi connectivity index (χ0v) is 18.8. The molecule has 33 heavy (non-hydrogen) atoms. The van der Waals surface area contributed by atoms with Crippen LogP contribution >= 0.6 is 0 Å². The smallest absolute Gasteiger partial charge is 0.228 e. The molecule has 1 spiro atoms. The quantitative estimate of drug-likeness (QED) is 0.488. The van der Waals surface area contributed by atoms with Crippen LogP contribution in [0.5, 0.6) is 5.88 Å². The molecule has 0 atom stereocenters. The molecule has 0 bridgehead atoms. The van der Waals surface area contributed by atoms with Crippen molar-refractivity contribution in [2.45, 2.75) is 43.9 Å². The molecule has 0 amide bonds. The first-order chi connectivity index (χ1) is 16.1. The van der Waals surface area contributed by atoms with Gasteiger partial charge in [0.05, 0.1) is 31.2 Å². The van der Waals surface area contributed by atoms with E-state index in [4.69, 9.17) is 19.2 Å². The highest BCUT2D eigenvalue weighted by atomic mass is 16.7. The molecule has 4 aromatic rings. The van der Waals surface area contributed by atoms with E-state index in [2.05, 4.69) is 31.7 Å². The summed E-state index contributed by atoms with van der Waals surface area (Å²) in [7, 11) is 3.52. The van der Waals surface area contributed by atoms with E-state index in [1.165, 1.54) is 0 Å². The number of nitrogens with zero attached hydrogens (tertiary/aromatic N) is 5. The van der Waals surface area contributed by atoms with Crippen LogP contribution in [0, 0.1) is 0 Å². The largest absolute Gasteiger partial charge is 0.480 e. The lowest BCUT2D eigenvalue weighted by Gasteiger charge is -2.42. The molecule has 172 valence electrons. The van der Waals surface area contributed by atoms with Gasteiger partial charge in [0.25, 0.3) is 0 Å². The van der Waals surface area contributed by atoms with Crippen LogP contribution in [0.15, 0.2) is 24.4 Å². The third-order valence-electron chi connectivity index (χ3n) is 6.71. The zero-order chi connectivity index (χ0) is 22.4. The molecule has 1 aromatic carbocycles. The summed E-state index contributed by atoms with van der Waals surface area (Å²) in [6.07, 6.45) is 6.56. The Morgan fingerprint density at radius 2 is 2.00 bits per heavy atom. The van der Waals surface area contributed by atoms with Crippen LogP contribution in [0.4, 0.5) is 5.95 Å². The number of rotatable bonds is 4. The average Bonchev–Trinajstić information content (AvgIpc) is 3.44. The van der Waals surface area contributed by atoms with Crippen LogP contribution in [0.3, 0.4) is 0 Å². The number of anilines is 1. The van der Waals surface area contributed by atoms with Crippen LogP contribution in [-0.2, 0) is 16.5 Å². The van der Waals surface area contributed by atoms with Gasteiger partial charge in [-0.1, -0.05) is 11.3 Å². The van der Waals surface area contributed by atoms with E-state index in [9.17, 15) is 0 Å². The third-order valence-corrected chi connectivity index (χ3v) is 6.71. The van der Waals surface area contributed by atoms with Gasteiger partial charge in [-0.15, -0.1) is 5.10 Å². The number of H-pyrrole nitrogens is 1. The highest BCUT2D eigenvalue weighted by Crippen LogP contribution is 2.38. The van der Waals surface area contributed by atoms with E-state index >= 15 is 0 Å². The SMILES string of the molecule is COc1nc(NC2CCC3(CC2)OCCCO3)nc2[nH]cc(-c3ccc4nnn(C)c4c3)c12. The minimum absolute atomic E-state index is 0.265. The molecule has 0 radical (unpaired) electrons. The second kappa shape index (κ2) is 7.96. The Hall–Kier alpha value is -3.24. The number of aromatic nitrogens is 6. The number of ether oxygens (including phenoxy) is 3. The van der Waals surface area contributed by atoms with Gasteiger partial charge in [-0.3, -0.25) is 0 Å². The van der Waals surface area contributed by atoms with E-state index in [0.717, 1.165) is 78.5 Å². The van der Waals surface area contributed by atoms with Crippen molar-refractivity contribution in [1.29, 1.82) is 0 Å². The number of aromatic amines is 1. The molecule has 10 heteroatoms. The first kappa shape index (κ1) is 20.4. The van der Waals surface area contributed by atoms with Crippen molar-refractivity contribution in [3.63, 3.8) is 0 Å². The highest BCUT2D eigenvalue weighted by Gasteiger charge is 2.39. The molecule has 2 N–H and O–H groups in total. The molecule has 2 aliphatic rings. The molecule has 0 unspecified atom stereocenters. The molecule has 1 aliphatic carbocycles. The topological polar surface area (TPSA) is 112 Å². The maximum Gasteiger partial charge on any atom is 0.228 e. The summed E-state index contributed by atoms with van der Waals surface area (Å²) < 4.78 is 19.4. The molecule has 1 saturated carbocycles. The van der Waals surface area contributed by atoms with Gasteiger partial charge < -0.3 is 24.5 Å². The Kier molecular flexibility index (Phi) is 4.92. The molecule has 6 rings (SSSR count). The second-order valence-corrected chi connectivity index (χ2v) is 8.78. The predicted octanol–water partition coefficient (Wildman–Crippen LogP) is 3.40. The van der Waals surface area contributed by atoms with Crippen LogP contribution in [-0.4, -0.2) is 62.1 Å². The maximum atomic E-state index is 5.96. The van der Waals surface area contributed by atoms with Crippen LogP contribution in [0.2, 0.25) is 0 Å². The molecule has 1 aliphatic heterocycles. The number of benzene rings is 1. The minimum atomic E-state index is -0.391. The van der Waals surface area contributed by atoms with E-state index in [0.29, 0.717) is 11.8 Å². The van der Waals surface area contributed by atoms with Gasteiger partial charge in [0.1, 0.15) is 11.2 Å². The van der Waals surface area contributed by atoms with Gasteiger partial charge in [-0.05, 0) is 37.0 Å². The first-order valence-corrected chi connectivity index (χ1v) is 11.4. The summed E-state index contributed by atoms with van der Waals surface area (Å²) in [5, 5.41) is 12.6. The van der Waals surface area contributed by atoms with Gasteiger partial charge in [-0.25, -0.2) is 4.68 Å². The Morgan fingerprint density at radius 3 is 2.79 bits per heavy atom. The normalized spacial score (nSPS) is 18.8. The average molecular weight is 450 g/mol. The lowest BCUT2D eigenvalue weighted by molar-refractivity contribution is -0.280. The van der Waals surface area contributed by atoms with Crippen LogP contribution in [0.1, 0.15) is 32.1 Å². The fourth-order valence-electron chi connectivity index (χ4n) is 4.93. The van der Waals surface area contributed by atoms with Crippen molar-refractivity contribution >= 4 is 28.0 Å². The number of fused-ring (bicyclic) bond motifs is 2. The number of methoxy groups -OCH3 is 1. The molecule has 4 heterocycles. The van der Waals surface area contributed by atoms with E-state index in [1.54, 1.807) is 11.8 Å². The summed E-state index contributed by atoms with van der Waals surface area (Å²) in [4.78, 5) is 12.7. The number of nitrogens with one attached hydrogen (secondary N) is 2. The molecule has 3 aromatic heterocycles. The summed E-state index contributed by atoms with van der Waals surface area (Å²) >= 11 is 0. The number of hydrogen-bond donors (Lipinski definition) is 2. The lowest BCUT2D eigenvalue weighted by Crippen LogP contribution is -2.45. The van der Waals surface area contributed by atoms with Gasteiger partial charge in [0.15, 0.2) is 5.79 Å². The Balaban J connectivity index is 1.27. The highest BCUT2D eigenvalue weighted by molar-refractivity contribution is 5.99. The van der Waals surface area contributed by atoms with Gasteiger partial charge in [0, 0.05) is 37.7 Å². The van der Waals surface area contributed by atoms with Crippen molar-refractivity contribution in [1.82, 2.24) is 29.9 Å².